The SMILES string of the molecule is CN=C(NCC1CCCN(C(C)C)C1)NCC(C)(C)N1CCCCC1. The number of nitrogens with one attached hydrogen (secondary N) is 2. The van der Waals surface area contributed by atoms with Crippen LogP contribution in [0.15, 0.2) is 4.99 Å². The fourth-order valence-electron chi connectivity index (χ4n) is 4.11. The van der Waals surface area contributed by atoms with Crippen LogP contribution in [-0.4, -0.2) is 73.7 Å². The summed E-state index contributed by atoms with van der Waals surface area (Å²) in [6, 6.07) is 0.658. The quantitative estimate of drug-likeness (QED) is 0.570. The Morgan fingerprint density at radius 1 is 1.08 bits per heavy atom. The number of aliphatic imine (C=N–C) groups is 1. The summed E-state index contributed by atoms with van der Waals surface area (Å²) in [4.78, 5) is 9.66. The van der Waals surface area contributed by atoms with E-state index in [2.05, 4.69) is 53.1 Å². The molecule has 2 saturated heterocycles. The maximum absolute atomic E-state index is 4.44. The average molecular weight is 352 g/mol. The van der Waals surface area contributed by atoms with Gasteiger partial charge in [0.05, 0.1) is 0 Å². The molecule has 2 aliphatic heterocycles. The molecule has 1 unspecified atom stereocenters. The van der Waals surface area contributed by atoms with E-state index in [4.69, 9.17) is 0 Å². The highest BCUT2D eigenvalue weighted by molar-refractivity contribution is 5.79. The number of piperidine rings is 2. The molecule has 0 aromatic carbocycles. The monoisotopic (exact) mass is 351 g/mol. The Morgan fingerprint density at radius 2 is 1.80 bits per heavy atom. The van der Waals surface area contributed by atoms with E-state index >= 15 is 0 Å². The largest absolute Gasteiger partial charge is 0.356 e. The maximum atomic E-state index is 4.44. The number of guanidine groups is 1. The molecule has 0 radical (unpaired) electrons. The lowest BCUT2D eigenvalue weighted by molar-refractivity contribution is 0.0981. The van der Waals surface area contributed by atoms with Gasteiger partial charge in [-0.1, -0.05) is 6.42 Å². The highest BCUT2D eigenvalue weighted by Crippen LogP contribution is 2.20. The first-order valence-electron chi connectivity index (χ1n) is 10.4. The molecular weight excluding hydrogens is 310 g/mol. The van der Waals surface area contributed by atoms with Gasteiger partial charge in [-0.15, -0.1) is 0 Å². The number of nitrogens with zero attached hydrogens (tertiary/aromatic N) is 3. The Kier molecular flexibility index (Phi) is 8.01. The highest BCUT2D eigenvalue weighted by atomic mass is 15.2. The summed E-state index contributed by atoms with van der Waals surface area (Å²) < 4.78 is 0. The van der Waals surface area contributed by atoms with Gasteiger partial charge >= 0.3 is 0 Å². The number of rotatable bonds is 6. The Bertz CT molecular complexity index is 412. The Labute approximate surface area is 155 Å². The van der Waals surface area contributed by atoms with Crippen molar-refractivity contribution in [3.05, 3.63) is 0 Å². The lowest BCUT2D eigenvalue weighted by Crippen LogP contribution is -2.55. The molecule has 2 rings (SSSR count). The van der Waals surface area contributed by atoms with Crippen LogP contribution in [0, 0.1) is 5.92 Å². The molecule has 25 heavy (non-hydrogen) atoms. The molecule has 2 N–H and O–H groups in total. The molecule has 2 aliphatic rings. The fourth-order valence-corrected chi connectivity index (χ4v) is 4.11. The van der Waals surface area contributed by atoms with Gasteiger partial charge in [-0.2, -0.15) is 0 Å². The standard InChI is InChI=1S/C20H41N5/c1-17(2)24-11-9-10-18(15-24)14-22-19(21-5)23-16-20(3,4)25-12-7-6-8-13-25/h17-18H,6-16H2,1-5H3,(H2,21,22,23). The van der Waals surface area contributed by atoms with Crippen molar-refractivity contribution < 1.29 is 0 Å². The molecule has 5 heteroatoms. The Balaban J connectivity index is 1.74. The normalized spacial score (nSPS) is 24.6. The lowest BCUT2D eigenvalue weighted by Gasteiger charge is -2.41. The molecule has 0 aromatic heterocycles. The second kappa shape index (κ2) is 9.77. The van der Waals surface area contributed by atoms with Crippen molar-refractivity contribution in [1.82, 2.24) is 20.4 Å². The summed E-state index contributed by atoms with van der Waals surface area (Å²) in [7, 11) is 1.88. The van der Waals surface area contributed by atoms with Gasteiger partial charge in [0, 0.05) is 38.3 Å². The van der Waals surface area contributed by atoms with Crippen molar-refractivity contribution >= 4 is 5.96 Å². The fraction of sp³-hybridized carbons (Fsp3) is 0.950. The first-order valence-corrected chi connectivity index (χ1v) is 10.4. The summed E-state index contributed by atoms with van der Waals surface area (Å²) in [6.07, 6.45) is 6.71. The van der Waals surface area contributed by atoms with Crippen LogP contribution in [0.25, 0.3) is 0 Å². The van der Waals surface area contributed by atoms with Crippen molar-refractivity contribution in [2.75, 3.05) is 46.3 Å². The zero-order valence-electron chi connectivity index (χ0n) is 17.3. The van der Waals surface area contributed by atoms with E-state index in [1.807, 2.05) is 7.05 Å². The summed E-state index contributed by atoms with van der Waals surface area (Å²) in [6.45, 7) is 16.2. The summed E-state index contributed by atoms with van der Waals surface area (Å²) in [5.74, 6) is 1.68. The minimum absolute atomic E-state index is 0.178. The zero-order chi connectivity index (χ0) is 18.3. The molecule has 2 fully saturated rings. The van der Waals surface area contributed by atoms with E-state index in [1.54, 1.807) is 0 Å². The van der Waals surface area contributed by atoms with Crippen LogP contribution in [0.4, 0.5) is 0 Å². The molecule has 0 saturated carbocycles. The molecule has 1 atom stereocenters. The third kappa shape index (κ3) is 6.45. The summed E-state index contributed by atoms with van der Waals surface area (Å²) in [5, 5.41) is 7.13. The van der Waals surface area contributed by atoms with E-state index in [-0.39, 0.29) is 5.54 Å². The van der Waals surface area contributed by atoms with E-state index in [9.17, 15) is 0 Å². The zero-order valence-corrected chi connectivity index (χ0v) is 17.3. The second-order valence-corrected chi connectivity index (χ2v) is 8.76. The van der Waals surface area contributed by atoms with E-state index in [0.29, 0.717) is 6.04 Å². The van der Waals surface area contributed by atoms with Crippen molar-refractivity contribution in [3.63, 3.8) is 0 Å². The number of likely N-dealkylation sites (tertiary alicyclic amines) is 2. The van der Waals surface area contributed by atoms with Gasteiger partial charge in [-0.05, 0) is 78.9 Å². The van der Waals surface area contributed by atoms with Crippen LogP contribution < -0.4 is 10.6 Å². The summed E-state index contributed by atoms with van der Waals surface area (Å²) in [5.41, 5.74) is 0.178. The predicted molar refractivity (Wildman–Crippen MR) is 108 cm³/mol. The second-order valence-electron chi connectivity index (χ2n) is 8.76. The van der Waals surface area contributed by atoms with Gasteiger partial charge < -0.3 is 15.5 Å². The minimum atomic E-state index is 0.178. The lowest BCUT2D eigenvalue weighted by atomic mass is 9.97. The first kappa shape index (κ1) is 20.5. The van der Waals surface area contributed by atoms with Crippen LogP contribution in [-0.2, 0) is 0 Å². The minimum Gasteiger partial charge on any atom is -0.356 e. The Hall–Kier alpha value is -0.810. The van der Waals surface area contributed by atoms with Crippen LogP contribution in [0.1, 0.15) is 59.8 Å². The molecule has 2 heterocycles. The van der Waals surface area contributed by atoms with Crippen LogP contribution in [0.5, 0.6) is 0 Å². The van der Waals surface area contributed by atoms with Crippen molar-refractivity contribution in [2.24, 2.45) is 10.9 Å². The molecule has 0 bridgehead atoms. The molecule has 0 aromatic rings. The average Bonchev–Trinajstić information content (AvgIpc) is 2.63. The highest BCUT2D eigenvalue weighted by Gasteiger charge is 2.28. The first-order chi connectivity index (χ1) is 11.9. The smallest absolute Gasteiger partial charge is 0.191 e. The third-order valence-electron chi connectivity index (χ3n) is 5.96. The van der Waals surface area contributed by atoms with Crippen LogP contribution in [0.2, 0.25) is 0 Å². The van der Waals surface area contributed by atoms with E-state index in [0.717, 1.165) is 25.0 Å². The van der Waals surface area contributed by atoms with Gasteiger partial charge in [0.1, 0.15) is 0 Å². The molecular formula is C20H41N5. The molecule has 0 aliphatic carbocycles. The van der Waals surface area contributed by atoms with Crippen molar-refractivity contribution in [1.29, 1.82) is 0 Å². The third-order valence-corrected chi connectivity index (χ3v) is 5.96. The Morgan fingerprint density at radius 3 is 2.44 bits per heavy atom. The van der Waals surface area contributed by atoms with Crippen molar-refractivity contribution in [2.45, 2.75) is 71.4 Å². The van der Waals surface area contributed by atoms with Gasteiger partial charge in [-0.25, -0.2) is 0 Å². The summed E-state index contributed by atoms with van der Waals surface area (Å²) >= 11 is 0. The molecule has 0 amide bonds. The van der Waals surface area contributed by atoms with E-state index < -0.39 is 0 Å². The van der Waals surface area contributed by atoms with E-state index in [1.165, 1.54) is 58.3 Å². The number of hydrogen-bond donors (Lipinski definition) is 2. The number of hydrogen-bond acceptors (Lipinski definition) is 3. The van der Waals surface area contributed by atoms with Gasteiger partial charge in [-0.3, -0.25) is 9.89 Å². The van der Waals surface area contributed by atoms with Crippen molar-refractivity contribution in [3.8, 4) is 0 Å². The van der Waals surface area contributed by atoms with Crippen LogP contribution >= 0.6 is 0 Å². The molecule has 146 valence electrons. The molecule has 5 nitrogen and oxygen atoms in total. The van der Waals surface area contributed by atoms with Gasteiger partial charge in [0.15, 0.2) is 5.96 Å². The maximum Gasteiger partial charge on any atom is 0.191 e. The topological polar surface area (TPSA) is 42.9 Å². The molecule has 0 spiro atoms. The van der Waals surface area contributed by atoms with Gasteiger partial charge in [0.25, 0.3) is 0 Å². The van der Waals surface area contributed by atoms with Crippen LogP contribution in [0.3, 0.4) is 0 Å². The predicted octanol–water partition coefficient (Wildman–Crippen LogP) is 2.54. The van der Waals surface area contributed by atoms with Gasteiger partial charge in [0.2, 0.25) is 0 Å².